The maximum atomic E-state index is 7.58. The molecule has 0 N–H and O–H groups in total. The standard InChI is InChI=1S/C10H11NO/c1-7(2)10-11-8-5-3-4-6-9(8)12-10/h3-7H,1-2H3/i6T. The third-order valence-electron chi connectivity index (χ3n) is 1.73. The number of oxazole rings is 1. The zero-order chi connectivity index (χ0) is 9.42. The molecule has 2 rings (SSSR count). The molecular formula is C10H11NO. The maximum Gasteiger partial charge on any atom is 0.198 e. The fourth-order valence-corrected chi connectivity index (χ4v) is 1.08. The lowest BCUT2D eigenvalue weighted by Crippen LogP contribution is -1.84. The molecule has 0 aliphatic carbocycles. The number of hydrogen-bond donors (Lipinski definition) is 0. The van der Waals surface area contributed by atoms with Crippen LogP contribution < -0.4 is 0 Å². The van der Waals surface area contributed by atoms with Crippen molar-refractivity contribution in [2.24, 2.45) is 0 Å². The first-order valence-electron chi connectivity index (χ1n) is 4.54. The van der Waals surface area contributed by atoms with Crippen LogP contribution in [0.25, 0.3) is 11.1 Å². The lowest BCUT2D eigenvalue weighted by atomic mass is 10.2. The lowest BCUT2D eigenvalue weighted by Gasteiger charge is -1.93. The summed E-state index contributed by atoms with van der Waals surface area (Å²) in [5.41, 5.74) is 1.36. The molecule has 0 saturated carbocycles. The Morgan fingerprint density at radius 2 is 2.33 bits per heavy atom. The Morgan fingerprint density at radius 1 is 1.50 bits per heavy atom. The minimum absolute atomic E-state index is 0.270. The number of aromatic nitrogens is 1. The van der Waals surface area contributed by atoms with Crippen molar-refractivity contribution in [3.05, 3.63) is 30.1 Å². The molecule has 2 heteroatoms. The molecule has 0 fully saturated rings. The average molecular weight is 163 g/mol. The van der Waals surface area contributed by atoms with Crippen LogP contribution in [0.3, 0.4) is 0 Å². The summed E-state index contributed by atoms with van der Waals surface area (Å²) in [5, 5.41) is 0. The van der Waals surface area contributed by atoms with Crippen LogP contribution in [0.2, 0.25) is 0 Å². The Labute approximate surface area is 72.6 Å². The Hall–Kier alpha value is -1.31. The van der Waals surface area contributed by atoms with Crippen molar-refractivity contribution < 1.29 is 5.79 Å². The van der Waals surface area contributed by atoms with E-state index in [0.717, 1.165) is 5.52 Å². The number of para-hydroxylation sites is 2. The summed E-state index contributed by atoms with van der Waals surface area (Å²) >= 11 is 0. The third kappa shape index (κ3) is 1.09. The van der Waals surface area contributed by atoms with Gasteiger partial charge in [0.1, 0.15) is 5.52 Å². The third-order valence-corrected chi connectivity index (χ3v) is 1.73. The number of rotatable bonds is 1. The van der Waals surface area contributed by atoms with Crippen LogP contribution in [0.4, 0.5) is 0 Å². The molecule has 2 aromatic rings. The molecule has 0 saturated heterocycles. The Kier molecular flexibility index (Phi) is 1.36. The predicted molar refractivity (Wildman–Crippen MR) is 48.1 cm³/mol. The van der Waals surface area contributed by atoms with Gasteiger partial charge in [0.2, 0.25) is 0 Å². The molecule has 1 heterocycles. The van der Waals surface area contributed by atoms with Gasteiger partial charge in [-0.3, -0.25) is 0 Å². The van der Waals surface area contributed by atoms with Gasteiger partial charge in [0.25, 0.3) is 0 Å². The van der Waals surface area contributed by atoms with Crippen LogP contribution in [0.5, 0.6) is 0 Å². The smallest absolute Gasteiger partial charge is 0.198 e. The van der Waals surface area contributed by atoms with Gasteiger partial charge in [-0.2, -0.15) is 0 Å². The summed E-state index contributed by atoms with van der Waals surface area (Å²) in [7, 11) is 0. The maximum absolute atomic E-state index is 7.58. The van der Waals surface area contributed by atoms with Crippen molar-refractivity contribution in [2.75, 3.05) is 0 Å². The number of benzene rings is 1. The van der Waals surface area contributed by atoms with Gasteiger partial charge in [-0.15, -0.1) is 0 Å². The first-order chi connectivity index (χ1) is 6.18. The van der Waals surface area contributed by atoms with E-state index in [1.165, 1.54) is 0 Å². The summed E-state index contributed by atoms with van der Waals surface area (Å²) in [5.74, 6) is 0.974. The first-order valence-corrected chi connectivity index (χ1v) is 4.04. The molecule has 0 bridgehead atoms. The molecule has 62 valence electrons. The van der Waals surface area contributed by atoms with Gasteiger partial charge in [-0.05, 0) is 12.1 Å². The molecular weight excluding hydrogens is 150 g/mol. The fourth-order valence-electron chi connectivity index (χ4n) is 1.08. The van der Waals surface area contributed by atoms with Crippen LogP contribution >= 0.6 is 0 Å². The molecule has 0 unspecified atom stereocenters. The van der Waals surface area contributed by atoms with Crippen LogP contribution in [0, 0.1) is 0 Å². The minimum atomic E-state index is 0.270. The van der Waals surface area contributed by atoms with E-state index in [9.17, 15) is 0 Å². The average Bonchev–Trinajstić information content (AvgIpc) is 2.49. The summed E-state index contributed by atoms with van der Waals surface area (Å²) in [6.07, 6.45) is 0. The zero-order valence-corrected chi connectivity index (χ0v) is 7.16. The first kappa shape index (κ1) is 6.23. The van der Waals surface area contributed by atoms with E-state index in [2.05, 4.69) is 4.98 Å². The normalized spacial score (nSPS) is 12.4. The van der Waals surface area contributed by atoms with Crippen molar-refractivity contribution in [3.63, 3.8) is 0 Å². The van der Waals surface area contributed by atoms with Gasteiger partial charge < -0.3 is 4.42 Å². The Morgan fingerprint density at radius 3 is 3.00 bits per heavy atom. The Bertz CT molecular complexity index is 433. The van der Waals surface area contributed by atoms with Crippen LogP contribution in [-0.4, -0.2) is 4.98 Å². The number of nitrogens with zero attached hydrogens (tertiary/aromatic N) is 1. The van der Waals surface area contributed by atoms with Crippen molar-refractivity contribution in [1.29, 1.82) is 0 Å². The molecule has 1 aromatic carbocycles. The molecule has 2 nitrogen and oxygen atoms in total. The highest BCUT2D eigenvalue weighted by Gasteiger charge is 2.07. The van der Waals surface area contributed by atoms with E-state index in [1.54, 1.807) is 6.07 Å². The SMILES string of the molecule is [3H]c1cccc2nc(C(C)C)oc12. The van der Waals surface area contributed by atoms with Gasteiger partial charge in [0.15, 0.2) is 11.5 Å². The highest BCUT2D eigenvalue weighted by molar-refractivity contribution is 5.72. The highest BCUT2D eigenvalue weighted by Crippen LogP contribution is 2.19. The lowest BCUT2D eigenvalue weighted by molar-refractivity contribution is 0.501. The molecule has 1 aromatic heterocycles. The highest BCUT2D eigenvalue weighted by atomic mass is 16.3. The molecule has 0 radical (unpaired) electrons. The topological polar surface area (TPSA) is 26.0 Å². The van der Waals surface area contributed by atoms with E-state index < -0.39 is 0 Å². The van der Waals surface area contributed by atoms with E-state index in [-0.39, 0.29) is 5.92 Å². The van der Waals surface area contributed by atoms with E-state index in [4.69, 9.17) is 5.79 Å². The van der Waals surface area contributed by atoms with Crippen LogP contribution in [-0.2, 0) is 0 Å². The summed E-state index contributed by atoms with van der Waals surface area (Å²) < 4.78 is 13.0. The fraction of sp³-hybridized carbons (Fsp3) is 0.300. The number of fused-ring (bicyclic) bond motifs is 1. The van der Waals surface area contributed by atoms with Gasteiger partial charge in [-0.25, -0.2) is 4.98 Å². The molecule has 0 aliphatic heterocycles. The van der Waals surface area contributed by atoms with Crippen molar-refractivity contribution in [3.8, 4) is 0 Å². The summed E-state index contributed by atoms with van der Waals surface area (Å²) in [4.78, 5) is 4.29. The van der Waals surface area contributed by atoms with Gasteiger partial charge in [0.05, 0.1) is 1.37 Å². The molecule has 12 heavy (non-hydrogen) atoms. The van der Waals surface area contributed by atoms with E-state index >= 15 is 0 Å². The van der Waals surface area contributed by atoms with Crippen molar-refractivity contribution >= 4 is 11.1 Å². The van der Waals surface area contributed by atoms with E-state index in [1.807, 2.05) is 26.0 Å². The van der Waals surface area contributed by atoms with Crippen molar-refractivity contribution in [1.82, 2.24) is 4.98 Å². The minimum Gasteiger partial charge on any atom is -0.440 e. The second-order valence-corrected chi connectivity index (χ2v) is 3.09. The second kappa shape index (κ2) is 2.63. The van der Waals surface area contributed by atoms with Crippen molar-refractivity contribution in [2.45, 2.75) is 19.8 Å². The quantitative estimate of drug-likeness (QED) is 0.646. The van der Waals surface area contributed by atoms with Gasteiger partial charge in [-0.1, -0.05) is 26.0 Å². The predicted octanol–water partition coefficient (Wildman–Crippen LogP) is 2.95. The monoisotopic (exact) mass is 163 g/mol. The Balaban J connectivity index is 2.68. The second-order valence-electron chi connectivity index (χ2n) is 3.09. The largest absolute Gasteiger partial charge is 0.440 e. The van der Waals surface area contributed by atoms with Gasteiger partial charge in [0, 0.05) is 5.92 Å². The molecule has 0 amide bonds. The molecule has 0 atom stereocenters. The summed E-state index contributed by atoms with van der Waals surface area (Å²) in [6, 6.07) is 5.79. The van der Waals surface area contributed by atoms with Gasteiger partial charge >= 0.3 is 0 Å². The zero-order valence-electron chi connectivity index (χ0n) is 8.16. The molecule has 0 spiro atoms. The van der Waals surface area contributed by atoms with E-state index in [0.29, 0.717) is 17.5 Å². The number of hydrogen-bond acceptors (Lipinski definition) is 2. The van der Waals surface area contributed by atoms with Crippen LogP contribution in [0.1, 0.15) is 27.0 Å². The van der Waals surface area contributed by atoms with Crippen LogP contribution in [0.15, 0.2) is 28.7 Å². The summed E-state index contributed by atoms with van der Waals surface area (Å²) in [6.45, 7) is 4.04. The molecule has 0 aliphatic rings.